The minimum Gasteiger partial charge on any atom is -0.458 e. The third kappa shape index (κ3) is 2.70. The second-order valence-corrected chi connectivity index (χ2v) is 9.07. The molecule has 154 valence electrons. The Labute approximate surface area is 164 Å². The average molecular weight is 392 g/mol. The largest absolute Gasteiger partial charge is 0.458 e. The number of carbonyl (C=O) groups is 4. The van der Waals surface area contributed by atoms with Gasteiger partial charge in [-0.3, -0.25) is 19.2 Å². The van der Waals surface area contributed by atoms with E-state index in [9.17, 15) is 19.2 Å². The zero-order valence-corrected chi connectivity index (χ0v) is 17.4. The van der Waals surface area contributed by atoms with Crippen molar-refractivity contribution in [3.05, 3.63) is 11.6 Å². The van der Waals surface area contributed by atoms with E-state index in [2.05, 4.69) is 6.08 Å². The van der Waals surface area contributed by atoms with Gasteiger partial charge in [0.2, 0.25) is 0 Å². The molecule has 7 atom stereocenters. The molecule has 0 amide bonds. The van der Waals surface area contributed by atoms with Crippen LogP contribution in [0.2, 0.25) is 0 Å². The molecule has 0 aromatic heterocycles. The Balaban J connectivity index is 2.25. The lowest BCUT2D eigenvalue weighted by molar-refractivity contribution is -0.212. The van der Waals surface area contributed by atoms with Crippen LogP contribution in [-0.2, 0) is 33.4 Å². The second kappa shape index (κ2) is 6.42. The molecule has 0 aromatic carbocycles. The lowest BCUT2D eigenvalue weighted by Crippen LogP contribution is -2.68. The number of carbonyl (C=O) groups excluding carboxylic acids is 4. The summed E-state index contributed by atoms with van der Waals surface area (Å²) in [5, 5.41) is 0. The van der Waals surface area contributed by atoms with Crippen LogP contribution >= 0.6 is 0 Å². The molecule has 0 heterocycles. The molecule has 0 spiro atoms. The molecule has 7 heteroatoms. The van der Waals surface area contributed by atoms with E-state index in [0.717, 1.165) is 5.57 Å². The molecule has 7 nitrogen and oxygen atoms in total. The highest BCUT2D eigenvalue weighted by Crippen LogP contribution is 2.67. The first-order valence-corrected chi connectivity index (χ1v) is 9.57. The fourth-order valence-corrected chi connectivity index (χ4v) is 5.83. The number of ether oxygens (including phenoxy) is 3. The number of hydrogen-bond donors (Lipinski definition) is 0. The number of allylic oxidation sites excluding steroid dienone is 2. The summed E-state index contributed by atoms with van der Waals surface area (Å²) in [5.74, 6) is -2.60. The van der Waals surface area contributed by atoms with Gasteiger partial charge in [0.1, 0.15) is 18.0 Å². The molecular formula is C21H28O7. The first-order valence-electron chi connectivity index (χ1n) is 9.57. The van der Waals surface area contributed by atoms with E-state index in [1.807, 2.05) is 27.7 Å². The van der Waals surface area contributed by atoms with Crippen molar-refractivity contribution in [2.45, 2.75) is 66.8 Å². The van der Waals surface area contributed by atoms with Gasteiger partial charge < -0.3 is 14.2 Å². The van der Waals surface area contributed by atoms with Crippen molar-refractivity contribution in [3.63, 3.8) is 0 Å². The van der Waals surface area contributed by atoms with Crippen LogP contribution in [0.15, 0.2) is 11.6 Å². The van der Waals surface area contributed by atoms with Gasteiger partial charge in [-0.15, -0.1) is 0 Å². The van der Waals surface area contributed by atoms with Gasteiger partial charge >= 0.3 is 17.9 Å². The molecule has 2 fully saturated rings. The zero-order valence-electron chi connectivity index (χ0n) is 17.4. The smallest absolute Gasteiger partial charge is 0.303 e. The molecule has 0 aliphatic heterocycles. The van der Waals surface area contributed by atoms with Crippen LogP contribution in [0.1, 0.15) is 48.5 Å². The summed E-state index contributed by atoms with van der Waals surface area (Å²) < 4.78 is 17.0. The van der Waals surface area contributed by atoms with Gasteiger partial charge in [0.25, 0.3) is 0 Å². The Kier molecular flexibility index (Phi) is 4.72. The van der Waals surface area contributed by atoms with Crippen LogP contribution in [0, 0.1) is 28.6 Å². The van der Waals surface area contributed by atoms with Gasteiger partial charge in [0, 0.05) is 43.4 Å². The fourth-order valence-electron chi connectivity index (χ4n) is 5.83. The van der Waals surface area contributed by atoms with Gasteiger partial charge in [-0.05, 0) is 12.8 Å². The third-order valence-corrected chi connectivity index (χ3v) is 6.83. The lowest BCUT2D eigenvalue weighted by Gasteiger charge is -2.61. The Hall–Kier alpha value is -2.18. The maximum Gasteiger partial charge on any atom is 0.303 e. The lowest BCUT2D eigenvalue weighted by atomic mass is 9.41. The number of rotatable bonds is 3. The first-order chi connectivity index (χ1) is 12.8. The van der Waals surface area contributed by atoms with Crippen molar-refractivity contribution in [3.8, 4) is 0 Å². The first kappa shape index (κ1) is 20.6. The Bertz CT molecular complexity index is 780. The van der Waals surface area contributed by atoms with Gasteiger partial charge in [-0.1, -0.05) is 32.4 Å². The van der Waals surface area contributed by atoms with E-state index in [0.29, 0.717) is 0 Å². The molecule has 4 aliphatic carbocycles. The molecule has 0 radical (unpaired) electrons. The van der Waals surface area contributed by atoms with Crippen LogP contribution in [-0.4, -0.2) is 42.0 Å². The van der Waals surface area contributed by atoms with E-state index in [4.69, 9.17) is 14.2 Å². The molecule has 4 aliphatic rings. The predicted molar refractivity (Wildman–Crippen MR) is 97.8 cm³/mol. The van der Waals surface area contributed by atoms with Gasteiger partial charge in [0.05, 0.1) is 0 Å². The predicted octanol–water partition coefficient (Wildman–Crippen LogP) is 2.22. The monoisotopic (exact) mass is 392 g/mol. The summed E-state index contributed by atoms with van der Waals surface area (Å²) in [4.78, 5) is 48.8. The summed E-state index contributed by atoms with van der Waals surface area (Å²) in [6.45, 7) is 11.4. The van der Waals surface area contributed by atoms with E-state index in [1.54, 1.807) is 0 Å². The minimum atomic E-state index is -1.01. The Morgan fingerprint density at radius 2 is 1.39 bits per heavy atom. The van der Waals surface area contributed by atoms with Gasteiger partial charge in [0.15, 0.2) is 6.10 Å². The number of ketones is 1. The highest BCUT2D eigenvalue weighted by Gasteiger charge is 2.75. The average Bonchev–Trinajstić information content (AvgIpc) is 2.56. The quantitative estimate of drug-likeness (QED) is 0.413. The minimum absolute atomic E-state index is 0.0998. The van der Waals surface area contributed by atoms with Crippen LogP contribution in [0.4, 0.5) is 0 Å². The van der Waals surface area contributed by atoms with Crippen LogP contribution in [0.5, 0.6) is 0 Å². The molecule has 4 unspecified atom stereocenters. The summed E-state index contributed by atoms with van der Waals surface area (Å²) >= 11 is 0. The van der Waals surface area contributed by atoms with Crippen molar-refractivity contribution in [1.82, 2.24) is 0 Å². The number of hydrogen-bond acceptors (Lipinski definition) is 7. The highest BCUT2D eigenvalue weighted by atomic mass is 16.6. The van der Waals surface area contributed by atoms with E-state index >= 15 is 0 Å². The Morgan fingerprint density at radius 1 is 0.893 bits per heavy atom. The summed E-state index contributed by atoms with van der Waals surface area (Å²) in [5.41, 5.74) is -0.553. The van der Waals surface area contributed by atoms with Crippen molar-refractivity contribution in [2.75, 3.05) is 0 Å². The van der Waals surface area contributed by atoms with Crippen molar-refractivity contribution in [1.29, 1.82) is 0 Å². The van der Waals surface area contributed by atoms with Gasteiger partial charge in [-0.2, -0.15) is 0 Å². The Morgan fingerprint density at radius 3 is 1.86 bits per heavy atom. The number of Topliss-reactive ketones (excluding diaryl/α,β-unsaturated/α-hetero) is 1. The maximum atomic E-state index is 13.0. The fraction of sp³-hybridized carbons (Fsp3) is 0.714. The summed E-state index contributed by atoms with van der Waals surface area (Å²) in [6, 6.07) is 0. The molecule has 4 bridgehead atoms. The topological polar surface area (TPSA) is 96.0 Å². The van der Waals surface area contributed by atoms with Crippen molar-refractivity contribution < 1.29 is 33.4 Å². The third-order valence-electron chi connectivity index (χ3n) is 6.83. The molecule has 4 rings (SSSR count). The number of esters is 3. The SMILES string of the molecule is CC(=O)O[C@@H]1[C@@H](OC(C)=O)C(C)(C)C2C=C(C)C3C(=O)C2C3(C)[C@@H]1OC(C)=O. The normalized spacial score (nSPS) is 40.4. The molecule has 0 N–H and O–H groups in total. The maximum absolute atomic E-state index is 13.0. The van der Waals surface area contributed by atoms with Crippen molar-refractivity contribution >= 4 is 23.7 Å². The molecule has 0 aromatic rings. The van der Waals surface area contributed by atoms with Gasteiger partial charge in [-0.25, -0.2) is 0 Å². The van der Waals surface area contributed by atoms with E-state index in [-0.39, 0.29) is 11.7 Å². The molecule has 0 saturated heterocycles. The van der Waals surface area contributed by atoms with Crippen LogP contribution in [0.3, 0.4) is 0 Å². The zero-order chi connectivity index (χ0) is 21.2. The molecular weight excluding hydrogens is 364 g/mol. The van der Waals surface area contributed by atoms with Crippen LogP contribution < -0.4 is 0 Å². The molecule has 2 saturated carbocycles. The van der Waals surface area contributed by atoms with E-state index < -0.39 is 58.9 Å². The highest BCUT2D eigenvalue weighted by molar-refractivity contribution is 5.96. The standard InChI is InChI=1S/C21H28O7/c1-9-8-13-15-16(25)14(9)21(15,7)19(28-12(4)24)17(26-10(2)22)18(20(13,5)6)27-11(3)23/h8,13-15,17-19H,1-7H3/t13?,14?,15?,17-,18-,19-,21?/m1/s1. The summed E-state index contributed by atoms with van der Waals surface area (Å²) in [6.07, 6.45) is -0.719. The second-order valence-electron chi connectivity index (χ2n) is 9.07. The van der Waals surface area contributed by atoms with Crippen LogP contribution in [0.25, 0.3) is 0 Å². The summed E-state index contributed by atoms with van der Waals surface area (Å²) in [7, 11) is 0. The molecule has 28 heavy (non-hydrogen) atoms. The van der Waals surface area contributed by atoms with E-state index in [1.165, 1.54) is 20.8 Å². The van der Waals surface area contributed by atoms with Crippen molar-refractivity contribution in [2.24, 2.45) is 28.6 Å².